The summed E-state index contributed by atoms with van der Waals surface area (Å²) >= 11 is 0. The molecule has 3 N–H and O–H groups in total. The van der Waals surface area contributed by atoms with Gasteiger partial charge in [-0.1, -0.05) is 92.7 Å². The summed E-state index contributed by atoms with van der Waals surface area (Å²) in [4.78, 5) is 0. The van der Waals surface area contributed by atoms with E-state index in [0.717, 1.165) is 64.9 Å². The number of nitrogens with one attached hydrogen (secondary N) is 1. The van der Waals surface area contributed by atoms with Crippen LogP contribution in [0.5, 0.6) is 11.5 Å². The molecule has 43 heavy (non-hydrogen) atoms. The van der Waals surface area contributed by atoms with Gasteiger partial charge in [0.05, 0.1) is 0 Å². The zero-order valence-corrected chi connectivity index (χ0v) is 27.8. The van der Waals surface area contributed by atoms with E-state index in [1.54, 1.807) is 0 Å². The van der Waals surface area contributed by atoms with Crippen molar-refractivity contribution in [2.24, 2.45) is 0 Å². The van der Waals surface area contributed by atoms with Crippen molar-refractivity contribution in [2.75, 3.05) is 13.1 Å². The monoisotopic (exact) mass is 647 g/mol. The van der Waals surface area contributed by atoms with Gasteiger partial charge in [-0.25, -0.2) is 0 Å². The van der Waals surface area contributed by atoms with Gasteiger partial charge in [0, 0.05) is 5.56 Å². The van der Waals surface area contributed by atoms with Gasteiger partial charge in [0.2, 0.25) is 0 Å². The maximum Gasteiger partial charge on any atom is 3.00 e. The number of hydrogen-bond donors (Lipinski definition) is 3. The molecule has 0 saturated heterocycles. The predicted molar refractivity (Wildman–Crippen MR) is 178 cm³/mol. The van der Waals surface area contributed by atoms with Crippen LogP contribution in [0, 0.1) is 13.8 Å². The molecule has 0 unspecified atom stereocenters. The van der Waals surface area contributed by atoms with E-state index in [9.17, 15) is 10.2 Å². The zero-order chi connectivity index (χ0) is 30.2. The van der Waals surface area contributed by atoms with E-state index in [4.69, 9.17) is 0 Å². The maximum atomic E-state index is 10.6. The van der Waals surface area contributed by atoms with Crippen molar-refractivity contribution in [2.45, 2.75) is 32.6 Å². The Kier molecular flexibility index (Phi) is 16.1. The number of aromatic hydroxyl groups is 2. The van der Waals surface area contributed by atoms with E-state index in [0.29, 0.717) is 17.4 Å². The molecule has 3 nitrogen and oxygen atoms in total. The summed E-state index contributed by atoms with van der Waals surface area (Å²) in [5.74, 6) is 1.10. The summed E-state index contributed by atoms with van der Waals surface area (Å²) in [6, 6.07) is 41.6. The fraction of sp³-hybridized carbons (Fsp3) is 0.179. The molecule has 0 aromatic heterocycles. The third-order valence-corrected chi connectivity index (χ3v) is 6.81. The molecule has 5 aromatic rings. The third kappa shape index (κ3) is 12.2. The minimum Gasteiger partial charge on any atom is -0.507 e. The van der Waals surface area contributed by atoms with E-state index in [1.807, 2.05) is 127 Å². The van der Waals surface area contributed by atoms with Crippen LogP contribution in [0.25, 0.3) is 11.1 Å². The molecule has 0 saturated carbocycles. The van der Waals surface area contributed by atoms with Crippen LogP contribution in [0.1, 0.15) is 47.6 Å². The standard InChI is InChI=1S/C25H29NO2.2C7H7.Zr/c1-18(2)22-12-6-10-20(24(22)27)14-16-26-17-15-21-11-7-13-23(25(21)28)19-8-4-3-5-9-19;2*1-7-5-3-2-4-6-7;/h3-13,18,26-28H,14-17H2,1-2H3;2*2-6H,1H2;/q;2*-1;+3. The van der Waals surface area contributed by atoms with Crippen LogP contribution in [0.15, 0.2) is 127 Å². The smallest absolute Gasteiger partial charge is 0.507 e. The van der Waals surface area contributed by atoms with Crippen LogP contribution < -0.4 is 5.32 Å². The van der Waals surface area contributed by atoms with Crippen molar-refractivity contribution in [1.82, 2.24) is 5.32 Å². The fourth-order valence-electron chi connectivity index (χ4n) is 4.45. The van der Waals surface area contributed by atoms with Crippen molar-refractivity contribution in [3.8, 4) is 22.6 Å². The average Bonchev–Trinajstić information content (AvgIpc) is 3.00. The molecule has 0 aliphatic carbocycles. The number of phenolic OH excluding ortho intramolecular Hbond substituents is 2. The molecule has 0 aliphatic rings. The molecule has 0 amide bonds. The van der Waals surface area contributed by atoms with E-state index in [1.165, 1.54) is 0 Å². The second-order valence-corrected chi connectivity index (χ2v) is 10.4. The largest absolute Gasteiger partial charge is 3.00 e. The van der Waals surface area contributed by atoms with Crippen LogP contribution in [0.4, 0.5) is 0 Å². The molecule has 4 heteroatoms. The Morgan fingerprint density at radius 1 is 0.558 bits per heavy atom. The Balaban J connectivity index is 0.000000350. The molecule has 0 bridgehead atoms. The molecule has 5 aromatic carbocycles. The number of phenols is 2. The molecule has 219 valence electrons. The fourth-order valence-corrected chi connectivity index (χ4v) is 4.45. The van der Waals surface area contributed by atoms with E-state index < -0.39 is 0 Å². The quantitative estimate of drug-likeness (QED) is 0.116. The maximum absolute atomic E-state index is 10.6. The van der Waals surface area contributed by atoms with Crippen molar-refractivity contribution >= 4 is 0 Å². The summed E-state index contributed by atoms with van der Waals surface area (Å²) < 4.78 is 0. The van der Waals surface area contributed by atoms with Gasteiger partial charge in [-0.2, -0.15) is 49.2 Å². The molecule has 0 spiro atoms. The topological polar surface area (TPSA) is 52.5 Å². The van der Waals surface area contributed by atoms with Crippen LogP contribution >= 0.6 is 0 Å². The van der Waals surface area contributed by atoms with Gasteiger partial charge in [-0.15, -0.1) is 24.3 Å². The van der Waals surface area contributed by atoms with Gasteiger partial charge in [0.15, 0.2) is 0 Å². The minimum atomic E-state index is 0. The van der Waals surface area contributed by atoms with Crippen LogP contribution in [0.3, 0.4) is 0 Å². The predicted octanol–water partition coefficient (Wildman–Crippen LogP) is 9.00. The minimum absolute atomic E-state index is 0. The zero-order valence-electron chi connectivity index (χ0n) is 25.3. The first-order valence-corrected chi connectivity index (χ1v) is 14.5. The normalized spacial score (nSPS) is 10.0. The van der Waals surface area contributed by atoms with Crippen molar-refractivity contribution in [3.63, 3.8) is 0 Å². The first-order chi connectivity index (χ1) is 20.4. The summed E-state index contributed by atoms with van der Waals surface area (Å²) in [5, 5.41) is 24.5. The van der Waals surface area contributed by atoms with Gasteiger partial charge in [0.1, 0.15) is 11.5 Å². The Morgan fingerprint density at radius 2 is 1.00 bits per heavy atom. The second kappa shape index (κ2) is 19.5. The Labute approximate surface area is 277 Å². The van der Waals surface area contributed by atoms with Gasteiger partial charge in [-0.3, -0.25) is 0 Å². The summed E-state index contributed by atoms with van der Waals surface area (Å²) in [7, 11) is 0. The van der Waals surface area contributed by atoms with Crippen LogP contribution in [0.2, 0.25) is 0 Å². The molecule has 0 atom stereocenters. The van der Waals surface area contributed by atoms with Crippen LogP contribution in [-0.2, 0) is 39.0 Å². The van der Waals surface area contributed by atoms with Gasteiger partial charge >= 0.3 is 26.2 Å². The molecule has 5 rings (SSSR count). The average molecular weight is 649 g/mol. The van der Waals surface area contributed by atoms with Crippen molar-refractivity contribution in [1.29, 1.82) is 0 Å². The Morgan fingerprint density at radius 3 is 1.44 bits per heavy atom. The van der Waals surface area contributed by atoms with Gasteiger partial charge in [-0.05, 0) is 54.1 Å². The number of benzene rings is 5. The van der Waals surface area contributed by atoms with E-state index in [2.05, 4.69) is 33.0 Å². The van der Waals surface area contributed by atoms with Gasteiger partial charge < -0.3 is 15.5 Å². The van der Waals surface area contributed by atoms with Crippen molar-refractivity contribution < 1.29 is 36.4 Å². The third-order valence-electron chi connectivity index (χ3n) is 6.81. The number of hydrogen-bond acceptors (Lipinski definition) is 3. The molecule has 0 fully saturated rings. The first kappa shape index (κ1) is 35.5. The SMILES string of the molecule is CC(C)c1cccc(CCNCCc2cccc(-c3ccccc3)c2O)c1O.[CH2-]c1ccccc1.[CH2-]c1ccccc1.[Zr+3]. The first-order valence-electron chi connectivity index (χ1n) is 14.5. The number of rotatable bonds is 8. The second-order valence-electron chi connectivity index (χ2n) is 10.4. The summed E-state index contributed by atoms with van der Waals surface area (Å²) in [6.07, 6.45) is 1.53. The summed E-state index contributed by atoms with van der Waals surface area (Å²) in [5.41, 5.74) is 6.96. The molecular formula is C39H43NO2Zr+. The molecular weight excluding hydrogens is 606 g/mol. The van der Waals surface area contributed by atoms with Crippen LogP contribution in [-0.4, -0.2) is 23.3 Å². The Bertz CT molecular complexity index is 1420. The number of para-hydroxylation sites is 2. The van der Waals surface area contributed by atoms with Crippen molar-refractivity contribution in [3.05, 3.63) is 169 Å². The summed E-state index contributed by atoms with van der Waals surface area (Å²) in [6.45, 7) is 13.2. The van der Waals surface area contributed by atoms with Gasteiger partial charge in [0.25, 0.3) is 0 Å². The molecule has 0 heterocycles. The molecule has 1 radical (unpaired) electrons. The van der Waals surface area contributed by atoms with E-state index in [-0.39, 0.29) is 26.2 Å². The Hall–Kier alpha value is -3.72. The molecule has 0 aliphatic heterocycles. The van der Waals surface area contributed by atoms with E-state index >= 15 is 0 Å².